The van der Waals surface area contributed by atoms with Crippen molar-refractivity contribution < 1.29 is 22.3 Å². The summed E-state index contributed by atoms with van der Waals surface area (Å²) in [4.78, 5) is 12.2. The molecule has 0 fully saturated rings. The molecule has 0 atom stereocenters. The Bertz CT molecular complexity index is 853. The van der Waals surface area contributed by atoms with Crippen molar-refractivity contribution in [2.45, 2.75) is 4.90 Å². The zero-order valence-corrected chi connectivity index (χ0v) is 14.7. The number of nitrogens with one attached hydrogen (secondary N) is 1. The van der Waals surface area contributed by atoms with Crippen molar-refractivity contribution in [2.24, 2.45) is 0 Å². The predicted octanol–water partition coefficient (Wildman–Crippen LogP) is 1.88. The third-order valence-electron chi connectivity index (χ3n) is 3.36. The maximum absolute atomic E-state index is 13.4. The van der Waals surface area contributed by atoms with Crippen LogP contribution < -0.4 is 10.1 Å². The molecule has 8 heteroatoms. The van der Waals surface area contributed by atoms with Crippen LogP contribution >= 0.6 is 0 Å². The summed E-state index contributed by atoms with van der Waals surface area (Å²) in [5, 5.41) is 2.60. The van der Waals surface area contributed by atoms with E-state index in [1.165, 1.54) is 50.5 Å². The second-order valence-electron chi connectivity index (χ2n) is 5.35. The Labute approximate surface area is 146 Å². The summed E-state index contributed by atoms with van der Waals surface area (Å²) in [5.74, 6) is -0.806. The first-order valence-corrected chi connectivity index (χ1v) is 8.94. The molecule has 0 bridgehead atoms. The van der Waals surface area contributed by atoms with Crippen LogP contribution in [0.15, 0.2) is 53.4 Å². The second kappa shape index (κ2) is 8.09. The molecule has 0 saturated heterocycles. The lowest BCUT2D eigenvalue weighted by Crippen LogP contribution is -2.28. The van der Waals surface area contributed by atoms with Crippen LogP contribution in [0.4, 0.5) is 4.39 Å². The molecule has 0 aliphatic heterocycles. The Balaban J connectivity index is 1.94. The summed E-state index contributed by atoms with van der Waals surface area (Å²) in [6, 6.07) is 11.7. The highest BCUT2D eigenvalue weighted by Crippen LogP contribution is 2.16. The third kappa shape index (κ3) is 4.77. The Morgan fingerprint density at radius 2 is 1.88 bits per heavy atom. The van der Waals surface area contributed by atoms with E-state index in [1.54, 1.807) is 12.1 Å². The van der Waals surface area contributed by atoms with Gasteiger partial charge in [-0.25, -0.2) is 17.1 Å². The molecule has 0 heterocycles. The van der Waals surface area contributed by atoms with Gasteiger partial charge in [0.25, 0.3) is 5.91 Å². The molecule has 6 nitrogen and oxygen atoms in total. The van der Waals surface area contributed by atoms with Crippen LogP contribution in [0.25, 0.3) is 0 Å². The summed E-state index contributed by atoms with van der Waals surface area (Å²) in [7, 11) is -0.774. The third-order valence-corrected chi connectivity index (χ3v) is 5.17. The van der Waals surface area contributed by atoms with Gasteiger partial charge in [-0.1, -0.05) is 18.2 Å². The minimum atomic E-state index is -3.61. The monoisotopic (exact) mass is 366 g/mol. The maximum Gasteiger partial charge on any atom is 0.251 e. The van der Waals surface area contributed by atoms with Crippen LogP contribution in [0, 0.1) is 5.82 Å². The highest BCUT2D eigenvalue weighted by molar-refractivity contribution is 7.89. The number of nitrogens with zero attached hydrogens (tertiary/aromatic N) is 1. The summed E-state index contributed by atoms with van der Waals surface area (Å²) in [6.45, 7) is 0.236. The van der Waals surface area contributed by atoms with E-state index in [-0.39, 0.29) is 29.4 Å². The van der Waals surface area contributed by atoms with E-state index in [0.29, 0.717) is 0 Å². The molecule has 134 valence electrons. The number of benzene rings is 2. The zero-order chi connectivity index (χ0) is 18.4. The fraction of sp³-hybridized carbons (Fsp3) is 0.235. The van der Waals surface area contributed by atoms with Crippen molar-refractivity contribution in [3.8, 4) is 5.75 Å². The van der Waals surface area contributed by atoms with Crippen molar-refractivity contribution in [3.63, 3.8) is 0 Å². The quantitative estimate of drug-likeness (QED) is 0.760. The SMILES string of the molecule is CN(C)S(=O)(=O)c1cccc(C(=O)NCCOc2ccccc2F)c1. The number of rotatable bonds is 7. The average molecular weight is 366 g/mol. The Morgan fingerprint density at radius 3 is 2.56 bits per heavy atom. The smallest absolute Gasteiger partial charge is 0.251 e. The van der Waals surface area contributed by atoms with Crippen LogP contribution in [-0.4, -0.2) is 45.9 Å². The Morgan fingerprint density at radius 1 is 1.16 bits per heavy atom. The van der Waals surface area contributed by atoms with E-state index >= 15 is 0 Å². The number of carbonyl (C=O) groups excluding carboxylic acids is 1. The molecule has 1 N–H and O–H groups in total. The van der Waals surface area contributed by atoms with E-state index in [1.807, 2.05) is 0 Å². The number of ether oxygens (including phenoxy) is 1. The van der Waals surface area contributed by atoms with Crippen molar-refractivity contribution in [2.75, 3.05) is 27.2 Å². The number of hydrogen-bond donors (Lipinski definition) is 1. The van der Waals surface area contributed by atoms with Gasteiger partial charge in [-0.2, -0.15) is 0 Å². The molecule has 2 aromatic carbocycles. The lowest BCUT2D eigenvalue weighted by Gasteiger charge is -2.12. The molecule has 25 heavy (non-hydrogen) atoms. The summed E-state index contributed by atoms with van der Waals surface area (Å²) >= 11 is 0. The molecular weight excluding hydrogens is 347 g/mol. The second-order valence-corrected chi connectivity index (χ2v) is 7.50. The lowest BCUT2D eigenvalue weighted by molar-refractivity contribution is 0.0946. The van der Waals surface area contributed by atoms with E-state index in [0.717, 1.165) is 4.31 Å². The highest BCUT2D eigenvalue weighted by atomic mass is 32.2. The maximum atomic E-state index is 13.4. The number of sulfonamides is 1. The number of para-hydroxylation sites is 1. The van der Waals surface area contributed by atoms with Crippen molar-refractivity contribution >= 4 is 15.9 Å². The topological polar surface area (TPSA) is 75.7 Å². The van der Waals surface area contributed by atoms with Gasteiger partial charge in [0, 0.05) is 19.7 Å². The van der Waals surface area contributed by atoms with Crippen LogP contribution in [0.3, 0.4) is 0 Å². The number of amides is 1. The van der Waals surface area contributed by atoms with Crippen molar-refractivity contribution in [1.29, 1.82) is 0 Å². The molecule has 2 rings (SSSR count). The van der Waals surface area contributed by atoms with Gasteiger partial charge in [-0.3, -0.25) is 4.79 Å². The Hall–Kier alpha value is -2.45. The van der Waals surface area contributed by atoms with Gasteiger partial charge in [0.05, 0.1) is 11.4 Å². The van der Waals surface area contributed by atoms with Gasteiger partial charge in [0.2, 0.25) is 10.0 Å². The molecule has 1 amide bonds. The fourth-order valence-corrected chi connectivity index (χ4v) is 2.95. The van der Waals surface area contributed by atoms with Crippen LogP contribution in [0.5, 0.6) is 5.75 Å². The van der Waals surface area contributed by atoms with E-state index in [2.05, 4.69) is 5.32 Å². The minimum absolute atomic E-state index is 0.0350. The van der Waals surface area contributed by atoms with Crippen molar-refractivity contribution in [1.82, 2.24) is 9.62 Å². The van der Waals surface area contributed by atoms with Gasteiger partial charge >= 0.3 is 0 Å². The molecule has 0 aliphatic rings. The molecule has 0 radical (unpaired) electrons. The van der Waals surface area contributed by atoms with Gasteiger partial charge in [0.1, 0.15) is 6.61 Å². The number of halogens is 1. The standard InChI is InChI=1S/C17H19FN2O4S/c1-20(2)25(22,23)14-7-5-6-13(12-14)17(21)19-10-11-24-16-9-4-3-8-15(16)18/h3-9,12H,10-11H2,1-2H3,(H,19,21). The van der Waals surface area contributed by atoms with Crippen LogP contribution in [-0.2, 0) is 10.0 Å². The largest absolute Gasteiger partial charge is 0.489 e. The molecule has 0 aliphatic carbocycles. The molecular formula is C17H19FN2O4S. The fourth-order valence-electron chi connectivity index (χ4n) is 2.00. The zero-order valence-electron chi connectivity index (χ0n) is 13.9. The van der Waals surface area contributed by atoms with E-state index < -0.39 is 21.7 Å². The summed E-state index contributed by atoms with van der Waals surface area (Å²) in [5.41, 5.74) is 0.216. The minimum Gasteiger partial charge on any atom is -0.489 e. The lowest BCUT2D eigenvalue weighted by atomic mass is 10.2. The summed E-state index contributed by atoms with van der Waals surface area (Å²) < 4.78 is 43.9. The molecule has 0 saturated carbocycles. The van der Waals surface area contributed by atoms with E-state index in [9.17, 15) is 17.6 Å². The van der Waals surface area contributed by atoms with Gasteiger partial charge in [0.15, 0.2) is 11.6 Å². The first kappa shape index (κ1) is 18.9. The first-order chi connectivity index (χ1) is 11.8. The van der Waals surface area contributed by atoms with Gasteiger partial charge < -0.3 is 10.1 Å². The predicted molar refractivity (Wildman–Crippen MR) is 91.5 cm³/mol. The average Bonchev–Trinajstić information content (AvgIpc) is 2.60. The number of carbonyl (C=O) groups is 1. The Kier molecular flexibility index (Phi) is 6.11. The molecule has 0 unspecified atom stereocenters. The van der Waals surface area contributed by atoms with Crippen LogP contribution in [0.1, 0.15) is 10.4 Å². The normalized spacial score (nSPS) is 11.4. The highest BCUT2D eigenvalue weighted by Gasteiger charge is 2.18. The van der Waals surface area contributed by atoms with Crippen molar-refractivity contribution in [3.05, 3.63) is 59.9 Å². The van der Waals surface area contributed by atoms with Crippen LogP contribution in [0.2, 0.25) is 0 Å². The van der Waals surface area contributed by atoms with E-state index in [4.69, 9.17) is 4.74 Å². The first-order valence-electron chi connectivity index (χ1n) is 7.50. The summed E-state index contributed by atoms with van der Waals surface area (Å²) in [6.07, 6.45) is 0. The number of hydrogen-bond acceptors (Lipinski definition) is 4. The molecule has 0 spiro atoms. The van der Waals surface area contributed by atoms with Gasteiger partial charge in [-0.15, -0.1) is 0 Å². The molecule has 2 aromatic rings. The van der Waals surface area contributed by atoms with Gasteiger partial charge in [-0.05, 0) is 30.3 Å². The molecule has 0 aromatic heterocycles.